The van der Waals surface area contributed by atoms with Crippen molar-refractivity contribution in [2.24, 2.45) is 0 Å². The Kier molecular flexibility index (Phi) is 3.39. The molecule has 102 valence electrons. The largest absolute Gasteiger partial charge is 0.495 e. The molecule has 0 bridgehead atoms. The van der Waals surface area contributed by atoms with Crippen molar-refractivity contribution in [1.29, 1.82) is 0 Å². The predicted octanol–water partition coefficient (Wildman–Crippen LogP) is 3.15. The number of fused-ring (bicyclic) bond motifs is 1. The quantitative estimate of drug-likeness (QED) is 0.789. The first-order chi connectivity index (χ1) is 9.85. The lowest BCUT2D eigenvalue weighted by atomic mass is 10.0. The molecular formula is C16H16N2O2. The third kappa shape index (κ3) is 2.04. The van der Waals surface area contributed by atoms with E-state index in [2.05, 4.69) is 10.3 Å². The molecule has 0 amide bonds. The summed E-state index contributed by atoms with van der Waals surface area (Å²) in [4.78, 5) is 4.45. The fourth-order valence-corrected chi connectivity index (χ4v) is 2.45. The van der Waals surface area contributed by atoms with Crippen LogP contribution >= 0.6 is 0 Å². The standard InChI is InChI=1S/C16H16N2O2/c1-17-15(16-14(19-2)8-5-9-18-16)12-10-20-13-7-4-3-6-11(12)13/h3-10,15,17H,1-2H3. The second-order valence-electron chi connectivity index (χ2n) is 4.50. The molecular weight excluding hydrogens is 252 g/mol. The molecule has 1 atom stereocenters. The molecule has 4 nitrogen and oxygen atoms in total. The van der Waals surface area contributed by atoms with E-state index in [1.807, 2.05) is 43.4 Å². The summed E-state index contributed by atoms with van der Waals surface area (Å²) in [6.07, 6.45) is 3.55. The first-order valence-electron chi connectivity index (χ1n) is 6.47. The Bertz CT molecular complexity index is 721. The summed E-state index contributed by atoms with van der Waals surface area (Å²) in [6.45, 7) is 0. The Morgan fingerprint density at radius 1 is 1.20 bits per heavy atom. The molecule has 1 N–H and O–H groups in total. The van der Waals surface area contributed by atoms with Crippen LogP contribution in [-0.4, -0.2) is 19.1 Å². The average Bonchev–Trinajstić information content (AvgIpc) is 2.93. The summed E-state index contributed by atoms with van der Waals surface area (Å²) in [6, 6.07) is 11.7. The first kappa shape index (κ1) is 12.7. The van der Waals surface area contributed by atoms with E-state index in [1.54, 1.807) is 19.6 Å². The summed E-state index contributed by atoms with van der Waals surface area (Å²) in [5, 5.41) is 4.37. The minimum atomic E-state index is -0.0743. The van der Waals surface area contributed by atoms with Crippen LogP contribution in [0.5, 0.6) is 5.75 Å². The van der Waals surface area contributed by atoms with Crippen LogP contribution in [0.2, 0.25) is 0 Å². The van der Waals surface area contributed by atoms with Crippen molar-refractivity contribution < 1.29 is 9.15 Å². The molecule has 3 aromatic rings. The smallest absolute Gasteiger partial charge is 0.142 e. The van der Waals surface area contributed by atoms with Crippen molar-refractivity contribution in [2.75, 3.05) is 14.2 Å². The molecule has 0 spiro atoms. The highest BCUT2D eigenvalue weighted by Gasteiger charge is 2.21. The topological polar surface area (TPSA) is 47.3 Å². The van der Waals surface area contributed by atoms with Gasteiger partial charge < -0.3 is 14.5 Å². The van der Waals surface area contributed by atoms with Gasteiger partial charge in [-0.15, -0.1) is 0 Å². The van der Waals surface area contributed by atoms with Crippen LogP contribution in [-0.2, 0) is 0 Å². The van der Waals surface area contributed by atoms with Crippen molar-refractivity contribution in [3.05, 3.63) is 60.1 Å². The normalized spacial score (nSPS) is 12.5. The van der Waals surface area contributed by atoms with E-state index in [0.29, 0.717) is 0 Å². The van der Waals surface area contributed by atoms with Crippen molar-refractivity contribution in [3.63, 3.8) is 0 Å². The predicted molar refractivity (Wildman–Crippen MR) is 77.9 cm³/mol. The van der Waals surface area contributed by atoms with Gasteiger partial charge in [-0.25, -0.2) is 0 Å². The second-order valence-corrected chi connectivity index (χ2v) is 4.50. The van der Waals surface area contributed by atoms with Crippen LogP contribution in [0.1, 0.15) is 17.3 Å². The van der Waals surface area contributed by atoms with Gasteiger partial charge in [0.2, 0.25) is 0 Å². The third-order valence-electron chi connectivity index (χ3n) is 3.40. The average molecular weight is 268 g/mol. The van der Waals surface area contributed by atoms with Crippen LogP contribution < -0.4 is 10.1 Å². The Hall–Kier alpha value is -2.33. The van der Waals surface area contributed by atoms with Gasteiger partial charge in [0.1, 0.15) is 17.0 Å². The summed E-state index contributed by atoms with van der Waals surface area (Å²) >= 11 is 0. The van der Waals surface area contributed by atoms with Crippen LogP contribution in [0.4, 0.5) is 0 Å². The highest BCUT2D eigenvalue weighted by atomic mass is 16.5. The summed E-state index contributed by atoms with van der Waals surface area (Å²) in [5.74, 6) is 0.761. The van der Waals surface area contributed by atoms with Crippen molar-refractivity contribution >= 4 is 11.0 Å². The van der Waals surface area contributed by atoms with E-state index < -0.39 is 0 Å². The number of hydrogen-bond acceptors (Lipinski definition) is 4. The third-order valence-corrected chi connectivity index (χ3v) is 3.40. The summed E-state index contributed by atoms with van der Waals surface area (Å²) in [7, 11) is 3.56. The van der Waals surface area contributed by atoms with Gasteiger partial charge >= 0.3 is 0 Å². The van der Waals surface area contributed by atoms with E-state index in [0.717, 1.165) is 28.0 Å². The van der Waals surface area contributed by atoms with Crippen LogP contribution in [0.3, 0.4) is 0 Å². The van der Waals surface area contributed by atoms with Crippen molar-refractivity contribution in [3.8, 4) is 5.75 Å². The van der Waals surface area contributed by atoms with Crippen molar-refractivity contribution in [2.45, 2.75) is 6.04 Å². The maximum atomic E-state index is 5.62. The zero-order valence-corrected chi connectivity index (χ0v) is 11.5. The molecule has 1 unspecified atom stereocenters. The highest BCUT2D eigenvalue weighted by molar-refractivity contribution is 5.82. The van der Waals surface area contributed by atoms with Crippen molar-refractivity contribution in [1.82, 2.24) is 10.3 Å². The molecule has 1 aromatic carbocycles. The molecule has 20 heavy (non-hydrogen) atoms. The molecule has 0 radical (unpaired) electrons. The summed E-state index contributed by atoms with van der Waals surface area (Å²) in [5.41, 5.74) is 2.78. The van der Waals surface area contributed by atoms with Gasteiger partial charge in [0.15, 0.2) is 0 Å². The number of hydrogen-bond donors (Lipinski definition) is 1. The maximum absolute atomic E-state index is 5.62. The molecule has 0 aliphatic rings. The van der Waals surface area contributed by atoms with Gasteiger partial charge in [0.25, 0.3) is 0 Å². The number of aromatic nitrogens is 1. The highest BCUT2D eigenvalue weighted by Crippen LogP contribution is 2.33. The van der Waals surface area contributed by atoms with E-state index in [1.165, 1.54) is 0 Å². The number of ether oxygens (including phenoxy) is 1. The van der Waals surface area contributed by atoms with Gasteiger partial charge in [0, 0.05) is 17.1 Å². The molecule has 0 saturated heterocycles. The van der Waals surface area contributed by atoms with Crippen LogP contribution in [0, 0.1) is 0 Å². The zero-order valence-electron chi connectivity index (χ0n) is 11.5. The molecule has 2 heterocycles. The van der Waals surface area contributed by atoms with Crippen LogP contribution in [0.15, 0.2) is 53.3 Å². The lowest BCUT2D eigenvalue weighted by Gasteiger charge is -2.17. The number of pyridine rings is 1. The lowest BCUT2D eigenvalue weighted by molar-refractivity contribution is 0.401. The van der Waals surface area contributed by atoms with E-state index in [9.17, 15) is 0 Å². The maximum Gasteiger partial charge on any atom is 0.142 e. The lowest BCUT2D eigenvalue weighted by Crippen LogP contribution is -2.19. The molecule has 4 heteroatoms. The SMILES string of the molecule is CNC(c1ncccc1OC)c1coc2ccccc12. The minimum Gasteiger partial charge on any atom is -0.495 e. The fourth-order valence-electron chi connectivity index (χ4n) is 2.45. The number of nitrogens with zero attached hydrogens (tertiary/aromatic N) is 1. The number of benzene rings is 1. The fraction of sp³-hybridized carbons (Fsp3) is 0.188. The van der Waals surface area contributed by atoms with Crippen LogP contribution in [0.25, 0.3) is 11.0 Å². The molecule has 0 saturated carbocycles. The van der Waals surface area contributed by atoms with Gasteiger partial charge in [-0.3, -0.25) is 4.98 Å². The summed E-state index contributed by atoms with van der Waals surface area (Å²) < 4.78 is 11.0. The Labute approximate surface area is 117 Å². The number of nitrogens with one attached hydrogen (secondary N) is 1. The van der Waals surface area contributed by atoms with E-state index in [-0.39, 0.29) is 6.04 Å². The molecule has 2 aromatic heterocycles. The van der Waals surface area contributed by atoms with Gasteiger partial charge in [-0.05, 0) is 25.2 Å². The molecule has 0 aliphatic carbocycles. The number of furan rings is 1. The molecule has 3 rings (SSSR count). The first-order valence-corrected chi connectivity index (χ1v) is 6.47. The molecule has 0 aliphatic heterocycles. The van der Waals surface area contributed by atoms with E-state index in [4.69, 9.17) is 9.15 Å². The number of methoxy groups -OCH3 is 1. The van der Waals surface area contributed by atoms with E-state index >= 15 is 0 Å². The van der Waals surface area contributed by atoms with Gasteiger partial charge in [-0.2, -0.15) is 0 Å². The van der Waals surface area contributed by atoms with Gasteiger partial charge in [-0.1, -0.05) is 18.2 Å². The van der Waals surface area contributed by atoms with Gasteiger partial charge in [0.05, 0.1) is 19.4 Å². The Morgan fingerprint density at radius 3 is 2.85 bits per heavy atom. The number of rotatable bonds is 4. The monoisotopic (exact) mass is 268 g/mol. The number of para-hydroxylation sites is 1. The minimum absolute atomic E-state index is 0.0743. The second kappa shape index (κ2) is 5.35. The zero-order chi connectivity index (χ0) is 13.9. The Balaban J connectivity index is 2.14. The Morgan fingerprint density at radius 2 is 2.05 bits per heavy atom. The molecule has 0 fully saturated rings.